The van der Waals surface area contributed by atoms with Gasteiger partial charge in [-0.3, -0.25) is 4.78 Å². The SMILES string of the molecule is CCS(=N)(=O)CC1CCCN1. The number of rotatable bonds is 3. The van der Waals surface area contributed by atoms with E-state index >= 15 is 0 Å². The summed E-state index contributed by atoms with van der Waals surface area (Å²) < 4.78 is 18.8. The fourth-order valence-electron chi connectivity index (χ4n) is 1.34. The van der Waals surface area contributed by atoms with E-state index in [1.54, 1.807) is 0 Å². The second-order valence-corrected chi connectivity index (χ2v) is 5.59. The zero-order valence-corrected chi connectivity index (χ0v) is 7.75. The molecule has 0 saturated carbocycles. The van der Waals surface area contributed by atoms with Crippen molar-refractivity contribution in [2.24, 2.45) is 0 Å². The zero-order valence-electron chi connectivity index (χ0n) is 6.93. The zero-order chi connectivity index (χ0) is 8.32. The average molecular weight is 176 g/mol. The molecule has 0 aromatic carbocycles. The molecule has 11 heavy (non-hydrogen) atoms. The maximum absolute atomic E-state index is 11.3. The van der Waals surface area contributed by atoms with Gasteiger partial charge in [-0.1, -0.05) is 6.92 Å². The van der Waals surface area contributed by atoms with Crippen LogP contribution >= 0.6 is 0 Å². The second kappa shape index (κ2) is 3.54. The fraction of sp³-hybridized carbons (Fsp3) is 1.00. The first-order chi connectivity index (χ1) is 5.14. The minimum atomic E-state index is -2.27. The van der Waals surface area contributed by atoms with E-state index in [-0.39, 0.29) is 0 Å². The third-order valence-electron chi connectivity index (χ3n) is 2.10. The van der Waals surface area contributed by atoms with Gasteiger partial charge in [0, 0.05) is 27.3 Å². The van der Waals surface area contributed by atoms with Crippen LogP contribution < -0.4 is 5.32 Å². The first-order valence-corrected chi connectivity index (χ1v) is 6.01. The van der Waals surface area contributed by atoms with Crippen LogP contribution in [-0.2, 0) is 9.73 Å². The molecule has 0 aromatic heterocycles. The van der Waals surface area contributed by atoms with Crippen molar-refractivity contribution in [1.82, 2.24) is 5.32 Å². The Labute approximate surface area is 68.5 Å². The summed E-state index contributed by atoms with van der Waals surface area (Å²) in [6.45, 7) is 2.86. The monoisotopic (exact) mass is 176 g/mol. The van der Waals surface area contributed by atoms with Crippen molar-refractivity contribution in [2.75, 3.05) is 18.1 Å². The maximum Gasteiger partial charge on any atom is 0.0469 e. The summed E-state index contributed by atoms with van der Waals surface area (Å²) in [6, 6.07) is 0.347. The standard InChI is InChI=1S/C7H16N2OS/c1-2-11(8,10)6-7-4-3-5-9-7/h7-9H,2-6H2,1H3. The summed E-state index contributed by atoms with van der Waals surface area (Å²) >= 11 is 0. The molecule has 2 atom stereocenters. The van der Waals surface area contributed by atoms with E-state index in [2.05, 4.69) is 5.32 Å². The van der Waals surface area contributed by atoms with Crippen LogP contribution in [0.2, 0.25) is 0 Å². The van der Waals surface area contributed by atoms with Gasteiger partial charge in [0.05, 0.1) is 0 Å². The Hall–Kier alpha value is -0.0900. The molecule has 2 unspecified atom stereocenters. The van der Waals surface area contributed by atoms with Crippen LogP contribution in [-0.4, -0.2) is 28.3 Å². The minimum absolute atomic E-state index is 0.347. The Kier molecular flexibility index (Phi) is 2.90. The Morgan fingerprint density at radius 1 is 1.73 bits per heavy atom. The van der Waals surface area contributed by atoms with E-state index in [0.717, 1.165) is 13.0 Å². The van der Waals surface area contributed by atoms with Crippen LogP contribution in [0.15, 0.2) is 0 Å². The van der Waals surface area contributed by atoms with Gasteiger partial charge in [-0.25, -0.2) is 4.21 Å². The molecule has 0 radical (unpaired) electrons. The highest BCUT2D eigenvalue weighted by Gasteiger charge is 2.18. The van der Waals surface area contributed by atoms with Crippen LogP contribution in [0.1, 0.15) is 19.8 Å². The molecule has 1 aliphatic heterocycles. The van der Waals surface area contributed by atoms with Crippen molar-refractivity contribution in [1.29, 1.82) is 4.78 Å². The maximum atomic E-state index is 11.3. The van der Waals surface area contributed by atoms with Gasteiger partial charge in [0.15, 0.2) is 0 Å². The highest BCUT2D eigenvalue weighted by molar-refractivity contribution is 7.92. The van der Waals surface area contributed by atoms with Gasteiger partial charge in [0.25, 0.3) is 0 Å². The van der Waals surface area contributed by atoms with E-state index in [9.17, 15) is 4.21 Å². The lowest BCUT2D eigenvalue weighted by molar-refractivity contribution is 0.637. The summed E-state index contributed by atoms with van der Waals surface area (Å²) in [5.41, 5.74) is 0. The quantitative estimate of drug-likeness (QED) is 0.668. The summed E-state index contributed by atoms with van der Waals surface area (Å²) in [5, 5.41) is 3.25. The van der Waals surface area contributed by atoms with E-state index in [1.165, 1.54) is 6.42 Å². The Morgan fingerprint density at radius 3 is 2.91 bits per heavy atom. The van der Waals surface area contributed by atoms with Crippen molar-refractivity contribution in [3.8, 4) is 0 Å². The first-order valence-electron chi connectivity index (χ1n) is 4.11. The van der Waals surface area contributed by atoms with Gasteiger partial charge in [0.2, 0.25) is 0 Å². The molecule has 2 N–H and O–H groups in total. The fourth-order valence-corrected chi connectivity index (χ4v) is 2.51. The van der Waals surface area contributed by atoms with E-state index in [0.29, 0.717) is 17.5 Å². The molecule has 1 saturated heterocycles. The number of hydrogen-bond acceptors (Lipinski definition) is 3. The van der Waals surface area contributed by atoms with Gasteiger partial charge < -0.3 is 5.32 Å². The molecule has 0 amide bonds. The third-order valence-corrected chi connectivity index (χ3v) is 3.97. The topological polar surface area (TPSA) is 53.0 Å². The van der Waals surface area contributed by atoms with Gasteiger partial charge in [-0.15, -0.1) is 0 Å². The smallest absolute Gasteiger partial charge is 0.0469 e. The molecule has 66 valence electrons. The lowest BCUT2D eigenvalue weighted by atomic mass is 10.3. The average Bonchev–Trinajstić information content (AvgIpc) is 2.39. The molecule has 1 fully saturated rings. The molecule has 1 heterocycles. The normalized spacial score (nSPS) is 30.1. The number of hydrogen-bond donors (Lipinski definition) is 2. The summed E-state index contributed by atoms with van der Waals surface area (Å²) in [6.07, 6.45) is 2.26. The van der Waals surface area contributed by atoms with Gasteiger partial charge in [-0.2, -0.15) is 0 Å². The Balaban J connectivity index is 2.41. The van der Waals surface area contributed by atoms with Gasteiger partial charge in [0.1, 0.15) is 0 Å². The predicted octanol–water partition coefficient (Wildman–Crippen LogP) is 0.805. The molecule has 0 bridgehead atoms. The second-order valence-electron chi connectivity index (χ2n) is 3.06. The minimum Gasteiger partial charge on any atom is -0.313 e. The Morgan fingerprint density at radius 2 is 2.45 bits per heavy atom. The van der Waals surface area contributed by atoms with Crippen LogP contribution in [0, 0.1) is 4.78 Å². The Bertz CT molecular complexity index is 204. The lowest BCUT2D eigenvalue weighted by Crippen LogP contribution is -2.30. The first kappa shape index (κ1) is 9.00. The van der Waals surface area contributed by atoms with Crippen LogP contribution in [0.25, 0.3) is 0 Å². The highest BCUT2D eigenvalue weighted by Crippen LogP contribution is 2.08. The highest BCUT2D eigenvalue weighted by atomic mass is 32.2. The largest absolute Gasteiger partial charge is 0.313 e. The van der Waals surface area contributed by atoms with E-state index in [4.69, 9.17) is 4.78 Å². The van der Waals surface area contributed by atoms with Crippen molar-refractivity contribution in [3.05, 3.63) is 0 Å². The van der Waals surface area contributed by atoms with Gasteiger partial charge in [-0.05, 0) is 19.4 Å². The molecule has 0 aromatic rings. The number of nitrogens with one attached hydrogen (secondary N) is 2. The lowest BCUT2D eigenvalue weighted by Gasteiger charge is -2.10. The molecule has 0 spiro atoms. The molecule has 1 rings (SSSR count). The van der Waals surface area contributed by atoms with Crippen LogP contribution in [0.5, 0.6) is 0 Å². The van der Waals surface area contributed by atoms with Crippen LogP contribution in [0.4, 0.5) is 0 Å². The van der Waals surface area contributed by atoms with Crippen LogP contribution in [0.3, 0.4) is 0 Å². The molecule has 1 aliphatic rings. The van der Waals surface area contributed by atoms with Crippen molar-refractivity contribution >= 4 is 9.73 Å². The van der Waals surface area contributed by atoms with Crippen molar-refractivity contribution < 1.29 is 4.21 Å². The molecular formula is C7H16N2OS. The molecule has 4 heteroatoms. The van der Waals surface area contributed by atoms with Crippen molar-refractivity contribution in [3.63, 3.8) is 0 Å². The van der Waals surface area contributed by atoms with Gasteiger partial charge >= 0.3 is 0 Å². The predicted molar refractivity (Wildman–Crippen MR) is 47.3 cm³/mol. The summed E-state index contributed by atoms with van der Waals surface area (Å²) in [5.74, 6) is 1.04. The third kappa shape index (κ3) is 2.79. The van der Waals surface area contributed by atoms with E-state index in [1.807, 2.05) is 6.92 Å². The summed E-state index contributed by atoms with van der Waals surface area (Å²) in [4.78, 5) is 0. The molecule has 0 aliphatic carbocycles. The summed E-state index contributed by atoms with van der Waals surface area (Å²) in [7, 11) is -2.27. The van der Waals surface area contributed by atoms with E-state index < -0.39 is 9.73 Å². The van der Waals surface area contributed by atoms with Crippen molar-refractivity contribution in [2.45, 2.75) is 25.8 Å². The molecular weight excluding hydrogens is 160 g/mol. The molecule has 3 nitrogen and oxygen atoms in total.